The van der Waals surface area contributed by atoms with Gasteiger partial charge in [0, 0.05) is 42.4 Å². The van der Waals surface area contributed by atoms with Crippen molar-refractivity contribution in [2.75, 3.05) is 13.1 Å². The first-order valence-electron chi connectivity index (χ1n) is 6.73. The van der Waals surface area contributed by atoms with Crippen molar-refractivity contribution >= 4 is 11.3 Å². The van der Waals surface area contributed by atoms with Gasteiger partial charge in [-0.15, -0.1) is 11.3 Å². The summed E-state index contributed by atoms with van der Waals surface area (Å²) in [7, 11) is 0. The fraction of sp³-hybridized carbons (Fsp3) is 0.400. The second-order valence-electron chi connectivity index (χ2n) is 5.00. The van der Waals surface area contributed by atoms with E-state index in [0.717, 1.165) is 13.0 Å². The Morgan fingerprint density at radius 1 is 1.53 bits per heavy atom. The first-order chi connectivity index (χ1) is 9.31. The van der Waals surface area contributed by atoms with E-state index in [4.69, 9.17) is 5.73 Å². The van der Waals surface area contributed by atoms with Crippen LogP contribution in [-0.2, 0) is 6.42 Å². The van der Waals surface area contributed by atoms with Crippen LogP contribution < -0.4 is 5.73 Å². The molecule has 2 atom stereocenters. The predicted molar refractivity (Wildman–Crippen MR) is 79.2 cm³/mol. The summed E-state index contributed by atoms with van der Waals surface area (Å²) in [5.41, 5.74) is 8.72. The molecule has 2 aromatic heterocycles. The van der Waals surface area contributed by atoms with Gasteiger partial charge in [0.2, 0.25) is 0 Å². The van der Waals surface area contributed by atoms with Crippen LogP contribution in [0, 0.1) is 0 Å². The van der Waals surface area contributed by atoms with Crippen LogP contribution in [0.2, 0.25) is 0 Å². The lowest BCUT2D eigenvalue weighted by atomic mass is 9.97. The number of hydrogen-bond donors (Lipinski definition) is 1. The number of nitrogens with two attached hydrogens (primary N) is 1. The molecule has 0 spiro atoms. The topological polar surface area (TPSA) is 42.1 Å². The van der Waals surface area contributed by atoms with Crippen LogP contribution in [0.3, 0.4) is 0 Å². The molecule has 0 amide bonds. The monoisotopic (exact) mass is 273 g/mol. The largest absolute Gasteiger partial charge is 0.329 e. The summed E-state index contributed by atoms with van der Waals surface area (Å²) in [6.45, 7) is 3.99. The summed E-state index contributed by atoms with van der Waals surface area (Å²) < 4.78 is 0. The van der Waals surface area contributed by atoms with E-state index in [0.29, 0.717) is 12.6 Å². The van der Waals surface area contributed by atoms with Gasteiger partial charge in [-0.2, -0.15) is 0 Å². The number of pyridine rings is 1. The highest BCUT2D eigenvalue weighted by atomic mass is 32.1. The van der Waals surface area contributed by atoms with Crippen LogP contribution in [0.25, 0.3) is 0 Å². The lowest BCUT2D eigenvalue weighted by molar-refractivity contribution is 0.138. The summed E-state index contributed by atoms with van der Waals surface area (Å²) in [5, 5.41) is 2.20. The van der Waals surface area contributed by atoms with E-state index in [2.05, 4.69) is 34.3 Å². The minimum absolute atomic E-state index is 0.261. The Labute approximate surface area is 118 Å². The Hall–Kier alpha value is -1.23. The van der Waals surface area contributed by atoms with Crippen molar-refractivity contribution in [3.8, 4) is 0 Å². The van der Waals surface area contributed by atoms with Gasteiger partial charge in [-0.1, -0.05) is 6.07 Å². The Morgan fingerprint density at radius 2 is 2.42 bits per heavy atom. The SMILES string of the molecule is CC1c2ccsc2CCN1C(CN)c1cccnc1. The second kappa shape index (κ2) is 5.41. The van der Waals surface area contributed by atoms with E-state index in [1.807, 2.05) is 29.8 Å². The molecule has 0 fully saturated rings. The molecule has 0 aliphatic carbocycles. The van der Waals surface area contributed by atoms with E-state index in [1.165, 1.54) is 16.0 Å². The van der Waals surface area contributed by atoms with Gasteiger partial charge in [0.25, 0.3) is 0 Å². The molecule has 2 aromatic rings. The molecule has 1 aliphatic heterocycles. The van der Waals surface area contributed by atoms with Gasteiger partial charge in [0.05, 0.1) is 0 Å². The van der Waals surface area contributed by atoms with Crippen LogP contribution in [-0.4, -0.2) is 23.0 Å². The predicted octanol–water partition coefficient (Wildman–Crippen LogP) is 2.76. The number of rotatable bonds is 3. The highest BCUT2D eigenvalue weighted by molar-refractivity contribution is 7.10. The quantitative estimate of drug-likeness (QED) is 0.935. The molecular weight excluding hydrogens is 254 g/mol. The Morgan fingerprint density at radius 3 is 3.16 bits per heavy atom. The van der Waals surface area contributed by atoms with Crippen LogP contribution >= 0.6 is 11.3 Å². The first-order valence-corrected chi connectivity index (χ1v) is 7.61. The van der Waals surface area contributed by atoms with E-state index in [9.17, 15) is 0 Å². The van der Waals surface area contributed by atoms with Gasteiger partial charge in [-0.25, -0.2) is 0 Å². The van der Waals surface area contributed by atoms with E-state index in [1.54, 1.807) is 0 Å². The molecule has 100 valence electrons. The van der Waals surface area contributed by atoms with Gasteiger partial charge in [0.1, 0.15) is 0 Å². The Bertz CT molecular complexity index is 537. The highest BCUT2D eigenvalue weighted by Gasteiger charge is 2.30. The summed E-state index contributed by atoms with van der Waals surface area (Å²) in [4.78, 5) is 8.27. The zero-order chi connectivity index (χ0) is 13.2. The van der Waals surface area contributed by atoms with Gasteiger partial charge in [-0.3, -0.25) is 9.88 Å². The highest BCUT2D eigenvalue weighted by Crippen LogP contribution is 2.37. The minimum Gasteiger partial charge on any atom is -0.329 e. The molecule has 3 heterocycles. The van der Waals surface area contributed by atoms with Crippen molar-refractivity contribution in [2.24, 2.45) is 5.73 Å². The van der Waals surface area contributed by atoms with Crippen LogP contribution in [0.1, 0.15) is 35.0 Å². The maximum atomic E-state index is 6.03. The van der Waals surface area contributed by atoms with E-state index in [-0.39, 0.29) is 6.04 Å². The number of nitrogens with zero attached hydrogens (tertiary/aromatic N) is 2. The summed E-state index contributed by atoms with van der Waals surface area (Å²) >= 11 is 1.88. The third-order valence-corrected chi connectivity index (χ3v) is 5.01. The fourth-order valence-corrected chi connectivity index (χ4v) is 3.95. The average Bonchev–Trinajstić information content (AvgIpc) is 2.93. The first kappa shape index (κ1) is 12.8. The van der Waals surface area contributed by atoms with Crippen LogP contribution in [0.5, 0.6) is 0 Å². The maximum Gasteiger partial charge on any atom is 0.0491 e. The minimum atomic E-state index is 0.261. The molecule has 0 radical (unpaired) electrons. The zero-order valence-corrected chi connectivity index (χ0v) is 11.9. The molecule has 1 aliphatic rings. The van der Waals surface area contributed by atoms with E-state index >= 15 is 0 Å². The molecule has 0 saturated heterocycles. The second-order valence-corrected chi connectivity index (χ2v) is 6.00. The van der Waals surface area contributed by atoms with Crippen LogP contribution in [0.15, 0.2) is 36.0 Å². The van der Waals surface area contributed by atoms with Gasteiger partial charge in [0.15, 0.2) is 0 Å². The third kappa shape index (κ3) is 2.31. The zero-order valence-electron chi connectivity index (χ0n) is 11.1. The number of hydrogen-bond acceptors (Lipinski definition) is 4. The van der Waals surface area contributed by atoms with Crippen molar-refractivity contribution in [2.45, 2.75) is 25.4 Å². The van der Waals surface area contributed by atoms with Crippen molar-refractivity contribution in [3.63, 3.8) is 0 Å². The smallest absolute Gasteiger partial charge is 0.0491 e. The van der Waals surface area contributed by atoms with Gasteiger partial charge >= 0.3 is 0 Å². The fourth-order valence-electron chi connectivity index (χ4n) is 2.99. The van der Waals surface area contributed by atoms with Crippen molar-refractivity contribution in [3.05, 3.63) is 52.0 Å². The molecular formula is C15H19N3S. The Balaban J connectivity index is 1.90. The normalized spacial score (nSPS) is 21.1. The lowest BCUT2D eigenvalue weighted by Gasteiger charge is -2.39. The van der Waals surface area contributed by atoms with Crippen molar-refractivity contribution in [1.82, 2.24) is 9.88 Å². The molecule has 2 unspecified atom stereocenters. The Kier molecular flexibility index (Phi) is 3.64. The summed E-state index contributed by atoms with van der Waals surface area (Å²) in [6, 6.07) is 7.07. The molecule has 0 bridgehead atoms. The number of fused-ring (bicyclic) bond motifs is 1. The van der Waals surface area contributed by atoms with Gasteiger partial charge in [-0.05, 0) is 42.0 Å². The average molecular weight is 273 g/mol. The molecule has 19 heavy (non-hydrogen) atoms. The van der Waals surface area contributed by atoms with Crippen LogP contribution in [0.4, 0.5) is 0 Å². The van der Waals surface area contributed by atoms with Crippen molar-refractivity contribution < 1.29 is 0 Å². The summed E-state index contributed by atoms with van der Waals surface area (Å²) in [5.74, 6) is 0. The molecule has 4 heteroatoms. The number of aromatic nitrogens is 1. The standard InChI is InChI=1S/C15H19N3S/c1-11-13-5-8-19-15(13)4-7-18(11)14(9-16)12-3-2-6-17-10-12/h2-3,5-6,8,10-11,14H,4,7,9,16H2,1H3. The number of thiophene rings is 1. The molecule has 0 aromatic carbocycles. The molecule has 3 rings (SSSR count). The third-order valence-electron chi connectivity index (χ3n) is 4.02. The van der Waals surface area contributed by atoms with Gasteiger partial charge < -0.3 is 5.73 Å². The lowest BCUT2D eigenvalue weighted by Crippen LogP contribution is -2.39. The maximum absolute atomic E-state index is 6.03. The van der Waals surface area contributed by atoms with E-state index < -0.39 is 0 Å². The van der Waals surface area contributed by atoms with Crippen molar-refractivity contribution in [1.29, 1.82) is 0 Å². The molecule has 0 saturated carbocycles. The molecule has 3 nitrogen and oxygen atoms in total. The summed E-state index contributed by atoms with van der Waals surface area (Å²) in [6.07, 6.45) is 4.88. The molecule has 2 N–H and O–H groups in total.